The minimum Gasteiger partial charge on any atom is -0.461 e. The first-order chi connectivity index (χ1) is 7.83. The summed E-state index contributed by atoms with van der Waals surface area (Å²) in [6.07, 6.45) is 5.36. The molecule has 0 unspecified atom stereocenters. The lowest BCUT2D eigenvalue weighted by Crippen LogP contribution is -2.38. The highest BCUT2D eigenvalue weighted by Crippen LogP contribution is 1.96. The van der Waals surface area contributed by atoms with E-state index in [0.717, 1.165) is 45.7 Å². The molecule has 0 amide bonds. The number of carbonyl (C=O) groups is 1. The van der Waals surface area contributed by atoms with Gasteiger partial charge in [-0.15, -0.1) is 0 Å². The molecule has 0 saturated carbocycles. The first-order valence-corrected chi connectivity index (χ1v) is 5.96. The van der Waals surface area contributed by atoms with Crippen molar-refractivity contribution in [2.45, 2.75) is 19.8 Å². The SMILES string of the molecule is CCCC=CC(=O)OCCN1CCOCC1. The molecule has 1 saturated heterocycles. The van der Waals surface area contributed by atoms with Crippen LogP contribution in [-0.4, -0.2) is 50.3 Å². The third kappa shape index (κ3) is 5.88. The second kappa shape index (κ2) is 8.30. The standard InChI is InChI=1S/C12H21NO3/c1-2-3-4-5-12(14)16-11-8-13-6-9-15-10-7-13/h4-5H,2-3,6-11H2,1H3. The summed E-state index contributed by atoms with van der Waals surface area (Å²) in [7, 11) is 0. The summed E-state index contributed by atoms with van der Waals surface area (Å²) in [6.45, 7) is 6.78. The molecule has 0 aliphatic carbocycles. The number of morpholine rings is 1. The normalized spacial score (nSPS) is 17.8. The number of rotatable bonds is 6. The highest BCUT2D eigenvalue weighted by atomic mass is 16.5. The topological polar surface area (TPSA) is 38.8 Å². The fourth-order valence-electron chi connectivity index (χ4n) is 1.49. The van der Waals surface area contributed by atoms with E-state index in [0.29, 0.717) is 6.61 Å². The van der Waals surface area contributed by atoms with Crippen LogP contribution in [0.15, 0.2) is 12.2 Å². The van der Waals surface area contributed by atoms with E-state index in [4.69, 9.17) is 9.47 Å². The maximum atomic E-state index is 11.2. The second-order valence-corrected chi connectivity index (χ2v) is 3.81. The van der Waals surface area contributed by atoms with Gasteiger partial charge in [-0.05, 0) is 6.42 Å². The number of carbonyl (C=O) groups excluding carboxylic acids is 1. The Kier molecular flexibility index (Phi) is 6.85. The average molecular weight is 227 g/mol. The van der Waals surface area contributed by atoms with Crippen LogP contribution >= 0.6 is 0 Å². The van der Waals surface area contributed by atoms with Crippen molar-refractivity contribution < 1.29 is 14.3 Å². The van der Waals surface area contributed by atoms with Gasteiger partial charge in [0.25, 0.3) is 0 Å². The zero-order valence-corrected chi connectivity index (χ0v) is 9.98. The summed E-state index contributed by atoms with van der Waals surface area (Å²) in [5, 5.41) is 0. The number of ether oxygens (including phenoxy) is 2. The summed E-state index contributed by atoms with van der Waals surface area (Å²) in [6, 6.07) is 0. The van der Waals surface area contributed by atoms with E-state index >= 15 is 0 Å². The van der Waals surface area contributed by atoms with Crippen molar-refractivity contribution in [3.05, 3.63) is 12.2 Å². The highest BCUT2D eigenvalue weighted by Gasteiger charge is 2.09. The van der Waals surface area contributed by atoms with Crippen LogP contribution in [0.1, 0.15) is 19.8 Å². The summed E-state index contributed by atoms with van der Waals surface area (Å²) in [5.41, 5.74) is 0. The van der Waals surface area contributed by atoms with Crippen molar-refractivity contribution in [1.29, 1.82) is 0 Å². The molecule has 0 atom stereocenters. The van der Waals surface area contributed by atoms with Gasteiger partial charge in [0.2, 0.25) is 0 Å². The predicted octanol–water partition coefficient (Wildman–Crippen LogP) is 1.22. The fourth-order valence-corrected chi connectivity index (χ4v) is 1.49. The van der Waals surface area contributed by atoms with E-state index in [1.807, 2.05) is 6.08 Å². The van der Waals surface area contributed by atoms with Crippen molar-refractivity contribution in [2.75, 3.05) is 39.5 Å². The van der Waals surface area contributed by atoms with Crippen LogP contribution in [-0.2, 0) is 14.3 Å². The van der Waals surface area contributed by atoms with E-state index in [9.17, 15) is 4.79 Å². The Morgan fingerprint density at radius 3 is 2.88 bits per heavy atom. The monoisotopic (exact) mass is 227 g/mol. The zero-order valence-electron chi connectivity index (χ0n) is 9.98. The molecule has 0 bridgehead atoms. The summed E-state index contributed by atoms with van der Waals surface area (Å²) in [4.78, 5) is 13.4. The van der Waals surface area contributed by atoms with E-state index in [1.54, 1.807) is 0 Å². The highest BCUT2D eigenvalue weighted by molar-refractivity contribution is 5.81. The molecular weight excluding hydrogens is 206 g/mol. The first-order valence-electron chi connectivity index (χ1n) is 5.96. The molecule has 0 aromatic rings. The zero-order chi connectivity index (χ0) is 11.6. The van der Waals surface area contributed by atoms with Gasteiger partial charge in [-0.1, -0.05) is 19.4 Å². The Bertz CT molecular complexity index is 222. The van der Waals surface area contributed by atoms with E-state index < -0.39 is 0 Å². The smallest absolute Gasteiger partial charge is 0.330 e. The first kappa shape index (κ1) is 13.2. The third-order valence-electron chi connectivity index (χ3n) is 2.46. The molecule has 1 aliphatic heterocycles. The molecule has 1 heterocycles. The van der Waals surface area contributed by atoms with Crippen molar-refractivity contribution in [3.63, 3.8) is 0 Å². The van der Waals surface area contributed by atoms with Gasteiger partial charge in [0.05, 0.1) is 13.2 Å². The third-order valence-corrected chi connectivity index (χ3v) is 2.46. The molecule has 4 heteroatoms. The molecule has 0 radical (unpaired) electrons. The quantitative estimate of drug-likeness (QED) is 0.505. The van der Waals surface area contributed by atoms with Gasteiger partial charge < -0.3 is 9.47 Å². The van der Waals surface area contributed by atoms with E-state index in [2.05, 4.69) is 11.8 Å². The Hall–Kier alpha value is -0.870. The summed E-state index contributed by atoms with van der Waals surface area (Å²) in [5.74, 6) is -0.235. The van der Waals surface area contributed by atoms with Gasteiger partial charge in [-0.25, -0.2) is 4.79 Å². The lowest BCUT2D eigenvalue weighted by molar-refractivity contribution is -0.138. The average Bonchev–Trinajstić information content (AvgIpc) is 2.31. The fraction of sp³-hybridized carbons (Fsp3) is 0.750. The molecule has 1 aliphatic rings. The Morgan fingerprint density at radius 1 is 1.44 bits per heavy atom. The van der Waals surface area contributed by atoms with Crippen LogP contribution in [0.4, 0.5) is 0 Å². The molecule has 1 rings (SSSR count). The van der Waals surface area contributed by atoms with Gasteiger partial charge in [0, 0.05) is 25.7 Å². The Morgan fingerprint density at radius 2 is 2.19 bits per heavy atom. The van der Waals surface area contributed by atoms with Gasteiger partial charge in [0.15, 0.2) is 0 Å². The molecule has 1 fully saturated rings. The van der Waals surface area contributed by atoms with Gasteiger partial charge >= 0.3 is 5.97 Å². The van der Waals surface area contributed by atoms with Gasteiger partial charge in [-0.3, -0.25) is 4.90 Å². The number of hydrogen-bond donors (Lipinski definition) is 0. The molecule has 4 nitrogen and oxygen atoms in total. The molecule has 0 N–H and O–H groups in total. The lowest BCUT2D eigenvalue weighted by Gasteiger charge is -2.25. The largest absolute Gasteiger partial charge is 0.461 e. The lowest BCUT2D eigenvalue weighted by atomic mass is 10.3. The van der Waals surface area contributed by atoms with Crippen molar-refractivity contribution in [3.8, 4) is 0 Å². The molecule has 0 spiro atoms. The Balaban J connectivity index is 2.03. The molecule has 0 aromatic carbocycles. The summed E-state index contributed by atoms with van der Waals surface area (Å²) >= 11 is 0. The predicted molar refractivity (Wildman–Crippen MR) is 62.3 cm³/mol. The maximum absolute atomic E-state index is 11.2. The summed E-state index contributed by atoms with van der Waals surface area (Å²) < 4.78 is 10.3. The Labute approximate surface area is 97.2 Å². The number of esters is 1. The minimum absolute atomic E-state index is 0.235. The van der Waals surface area contributed by atoms with Gasteiger partial charge in [0.1, 0.15) is 6.61 Å². The van der Waals surface area contributed by atoms with E-state index in [1.165, 1.54) is 6.08 Å². The van der Waals surface area contributed by atoms with Crippen LogP contribution in [0.2, 0.25) is 0 Å². The molecule has 16 heavy (non-hydrogen) atoms. The van der Waals surface area contributed by atoms with Crippen molar-refractivity contribution in [2.24, 2.45) is 0 Å². The number of nitrogens with zero attached hydrogens (tertiary/aromatic N) is 1. The van der Waals surface area contributed by atoms with Crippen LogP contribution < -0.4 is 0 Å². The molecule has 0 aromatic heterocycles. The van der Waals surface area contributed by atoms with E-state index in [-0.39, 0.29) is 5.97 Å². The number of hydrogen-bond acceptors (Lipinski definition) is 4. The van der Waals surface area contributed by atoms with Crippen molar-refractivity contribution >= 4 is 5.97 Å². The molecular formula is C12H21NO3. The number of allylic oxidation sites excluding steroid dienone is 1. The van der Waals surface area contributed by atoms with Gasteiger partial charge in [-0.2, -0.15) is 0 Å². The maximum Gasteiger partial charge on any atom is 0.330 e. The van der Waals surface area contributed by atoms with Crippen molar-refractivity contribution in [1.82, 2.24) is 4.90 Å². The van der Waals surface area contributed by atoms with Crippen LogP contribution in [0.25, 0.3) is 0 Å². The second-order valence-electron chi connectivity index (χ2n) is 3.81. The minimum atomic E-state index is -0.235. The van der Waals surface area contributed by atoms with Crippen LogP contribution in [0.5, 0.6) is 0 Å². The number of unbranched alkanes of at least 4 members (excludes halogenated alkanes) is 1. The molecule has 92 valence electrons. The van der Waals surface area contributed by atoms with Crippen LogP contribution in [0.3, 0.4) is 0 Å². The van der Waals surface area contributed by atoms with Crippen LogP contribution in [0, 0.1) is 0 Å².